The molecule has 0 saturated heterocycles. The van der Waals surface area contributed by atoms with E-state index in [4.69, 9.17) is 24.5 Å². The van der Waals surface area contributed by atoms with Crippen molar-refractivity contribution < 1.29 is 9.60 Å². The van der Waals surface area contributed by atoms with Crippen LogP contribution >= 0.6 is 11.3 Å². The molecule has 4 heteroatoms. The molecule has 3 nitrogen and oxygen atoms in total. The molecule has 0 amide bonds. The average Bonchev–Trinajstić information content (AvgIpc) is 3.63. The van der Waals surface area contributed by atoms with E-state index in [2.05, 4.69) is 36.4 Å². The highest BCUT2D eigenvalue weighted by Gasteiger charge is 2.15. The van der Waals surface area contributed by atoms with Crippen LogP contribution in [-0.2, 0) is 0 Å². The fourth-order valence-corrected chi connectivity index (χ4v) is 6.83. The van der Waals surface area contributed by atoms with Crippen LogP contribution in [0.25, 0.3) is 87.4 Å². The lowest BCUT2D eigenvalue weighted by molar-refractivity contribution is 1.08. The predicted molar refractivity (Wildman–Crippen MR) is 197 cm³/mol. The maximum Gasteiger partial charge on any atom is 0.164 e. The van der Waals surface area contributed by atoms with Crippen molar-refractivity contribution in [3.8, 4) is 56.4 Å². The van der Waals surface area contributed by atoms with E-state index in [1.165, 1.54) is 0 Å². The van der Waals surface area contributed by atoms with Crippen LogP contribution in [0, 0.1) is 0 Å². The lowest BCUT2D eigenvalue weighted by Crippen LogP contribution is -2.00. The average molecular weight is 625 g/mol. The third-order valence-electron chi connectivity index (χ3n) is 8.21. The lowest BCUT2D eigenvalue weighted by Gasteiger charge is -2.11. The van der Waals surface area contributed by atoms with Crippen molar-refractivity contribution in [2.45, 2.75) is 0 Å². The number of nitrogens with zero attached hydrogens (tertiary/aromatic N) is 3. The molecule has 0 fully saturated rings. The molecule has 0 unspecified atom stereocenters. The maximum absolute atomic E-state index is 9.15. The highest BCUT2D eigenvalue weighted by molar-refractivity contribution is 7.25. The smallest absolute Gasteiger partial charge is 0.164 e. The molecule has 47 heavy (non-hydrogen) atoms. The Bertz CT molecular complexity index is 2950. The van der Waals surface area contributed by atoms with E-state index >= 15 is 0 Å². The van der Waals surface area contributed by atoms with Crippen LogP contribution in [0.2, 0.25) is 0 Å². The van der Waals surface area contributed by atoms with E-state index in [1.54, 1.807) is 12.1 Å². The summed E-state index contributed by atoms with van der Waals surface area (Å²) in [6, 6.07) is 38.1. The van der Waals surface area contributed by atoms with Crippen LogP contribution in [-0.4, -0.2) is 15.0 Å². The second-order valence-corrected chi connectivity index (χ2v) is 12.1. The first-order valence-electron chi connectivity index (χ1n) is 18.6. The number of rotatable bonds is 5. The quantitative estimate of drug-likeness (QED) is 0.191. The third-order valence-corrected chi connectivity index (χ3v) is 9.23. The molecule has 0 N–H and O–H groups in total. The summed E-state index contributed by atoms with van der Waals surface area (Å²) in [6.45, 7) is 0. The monoisotopic (exact) mass is 624 g/mol. The number of benzene rings is 7. The minimum atomic E-state index is -0.404. The largest absolute Gasteiger partial charge is 0.208 e. The zero-order valence-electron chi connectivity index (χ0n) is 31.8. The highest BCUT2D eigenvalue weighted by Crippen LogP contribution is 2.37. The van der Waals surface area contributed by atoms with Crippen molar-refractivity contribution >= 4 is 42.3 Å². The van der Waals surface area contributed by atoms with Crippen molar-refractivity contribution in [1.82, 2.24) is 15.0 Å². The summed E-state index contributed by atoms with van der Waals surface area (Å²) in [5, 5.41) is 2.44. The topological polar surface area (TPSA) is 38.7 Å². The minimum Gasteiger partial charge on any atom is -0.208 e. The zero-order chi connectivity index (χ0) is 37.2. The number of hydrogen-bond acceptors (Lipinski definition) is 4. The van der Waals surface area contributed by atoms with Crippen LogP contribution in [0.15, 0.2) is 164 Å². The van der Waals surface area contributed by atoms with Gasteiger partial charge >= 0.3 is 0 Å². The van der Waals surface area contributed by atoms with Gasteiger partial charge in [-0.3, -0.25) is 0 Å². The van der Waals surface area contributed by atoms with Gasteiger partial charge in [-0.1, -0.05) is 145 Å². The summed E-state index contributed by atoms with van der Waals surface area (Å²) in [5.74, 6) is 1.49. The highest BCUT2D eigenvalue weighted by atomic mass is 32.1. The van der Waals surface area contributed by atoms with E-state index in [9.17, 15) is 0 Å². The van der Waals surface area contributed by atoms with Crippen LogP contribution in [0.3, 0.4) is 0 Å². The van der Waals surface area contributed by atoms with Gasteiger partial charge in [-0.15, -0.1) is 11.3 Å². The van der Waals surface area contributed by atoms with E-state index in [0.29, 0.717) is 33.3 Å². The van der Waals surface area contributed by atoms with Gasteiger partial charge in [0.25, 0.3) is 0 Å². The Balaban J connectivity index is 1.17. The molecule has 2 aromatic heterocycles. The van der Waals surface area contributed by atoms with Crippen LogP contribution in [0.1, 0.15) is 9.60 Å². The molecule has 7 aromatic carbocycles. The third kappa shape index (κ3) is 5.05. The number of fused-ring (bicyclic) bond motifs is 4. The summed E-state index contributed by atoms with van der Waals surface area (Å²) < 4.78 is 60.9. The Morgan fingerprint density at radius 2 is 1.04 bits per heavy atom. The molecular weight excluding hydrogens is 591 g/mol. The van der Waals surface area contributed by atoms with Crippen molar-refractivity contribution in [2.24, 2.45) is 0 Å². The molecule has 0 radical (unpaired) electrons. The summed E-state index contributed by atoms with van der Waals surface area (Å²) in [4.78, 5) is 14.8. The van der Waals surface area contributed by atoms with Crippen molar-refractivity contribution in [2.75, 3.05) is 0 Å². The molecule has 220 valence electrons. The predicted octanol–water partition coefficient (Wildman–Crippen LogP) is 11.7. The Kier molecular flexibility index (Phi) is 5.09. The van der Waals surface area contributed by atoms with Crippen LogP contribution in [0.4, 0.5) is 0 Å². The van der Waals surface area contributed by atoms with Crippen LogP contribution in [0.5, 0.6) is 0 Å². The second-order valence-electron chi connectivity index (χ2n) is 11.1. The molecule has 9 rings (SSSR count). The van der Waals surface area contributed by atoms with Crippen LogP contribution < -0.4 is 0 Å². The van der Waals surface area contributed by atoms with Gasteiger partial charge < -0.3 is 0 Å². The molecule has 0 saturated carbocycles. The molecule has 0 aliphatic carbocycles. The SMILES string of the molecule is [2H]c1c([2H])c([2H])c2c(sc3c([2H])c(-c4ccc(-c5nc(-c6ccccc6)nc(-c6cccc7cc(-c8ccccc8)ccc67)n5)cc4)c([2H])c([2H])c32)c1[2H]. The molecule has 9 aromatic rings. The summed E-state index contributed by atoms with van der Waals surface area (Å²) in [5.41, 5.74) is 5.43. The summed E-state index contributed by atoms with van der Waals surface area (Å²) in [7, 11) is 0. The van der Waals surface area contributed by atoms with Gasteiger partial charge in [-0.25, -0.2) is 15.0 Å². The fourth-order valence-electron chi connectivity index (χ4n) is 5.86. The lowest BCUT2D eigenvalue weighted by atomic mass is 9.98. The second kappa shape index (κ2) is 11.4. The van der Waals surface area contributed by atoms with Gasteiger partial charge in [0.05, 0.1) is 9.60 Å². The molecular formula is C43H27N3S. The molecule has 0 bridgehead atoms. The minimum absolute atomic E-state index is 0.00278. The molecule has 0 spiro atoms. The van der Waals surface area contributed by atoms with Gasteiger partial charge in [-0.2, -0.15) is 0 Å². The van der Waals surface area contributed by atoms with Gasteiger partial charge in [0, 0.05) is 36.9 Å². The molecule has 0 aliphatic rings. The molecule has 0 aliphatic heterocycles. The summed E-state index contributed by atoms with van der Waals surface area (Å²) >= 11 is 1.05. The van der Waals surface area contributed by atoms with Crippen molar-refractivity contribution in [3.05, 3.63) is 164 Å². The molecule has 2 heterocycles. The zero-order valence-corrected chi connectivity index (χ0v) is 25.6. The van der Waals surface area contributed by atoms with Gasteiger partial charge in [-0.05, 0) is 51.2 Å². The Morgan fingerprint density at radius 1 is 0.426 bits per heavy atom. The fraction of sp³-hybridized carbons (Fsp3) is 0. The Hall–Kier alpha value is -5.97. The van der Waals surface area contributed by atoms with Gasteiger partial charge in [0.1, 0.15) is 0 Å². The summed E-state index contributed by atoms with van der Waals surface area (Å²) in [6.07, 6.45) is 0. The Morgan fingerprint density at radius 3 is 1.83 bits per heavy atom. The van der Waals surface area contributed by atoms with E-state index in [1.807, 2.05) is 72.8 Å². The maximum atomic E-state index is 9.15. The van der Waals surface area contributed by atoms with Crippen molar-refractivity contribution in [1.29, 1.82) is 0 Å². The first-order chi connectivity index (χ1) is 26.2. The van der Waals surface area contributed by atoms with Crippen molar-refractivity contribution in [3.63, 3.8) is 0 Å². The Labute approximate surface area is 286 Å². The first kappa shape index (κ1) is 20.9. The number of thiophene rings is 1. The van der Waals surface area contributed by atoms with Gasteiger partial charge in [0.2, 0.25) is 0 Å². The van der Waals surface area contributed by atoms with E-state index in [0.717, 1.165) is 44.4 Å². The van der Waals surface area contributed by atoms with E-state index in [-0.39, 0.29) is 57.3 Å². The van der Waals surface area contributed by atoms with E-state index < -0.39 is 6.04 Å². The van der Waals surface area contributed by atoms with Gasteiger partial charge in [0.15, 0.2) is 17.5 Å². The first-order valence-corrected chi connectivity index (χ1v) is 15.9. The normalized spacial score (nSPS) is 13.5. The molecule has 0 atom stereocenters. The number of aromatic nitrogens is 3. The number of hydrogen-bond donors (Lipinski definition) is 0. The standard InChI is InChI=1S/C43H27N3S/c1-3-10-28(11-4-1)32-22-24-35-34(26-32)14-9-16-38(35)43-45-41(30-12-5-2-6-13-30)44-42(46-43)31-20-18-29(19-21-31)33-23-25-37-36-15-7-8-17-39(36)47-40(37)27-33/h1-27H/i7D,8D,15D,17D,23D,25D,27D.